The minimum atomic E-state index is -0.953. The lowest BCUT2D eigenvalue weighted by Gasteiger charge is -2.36. The van der Waals surface area contributed by atoms with Crippen LogP contribution in [-0.2, 0) is 10.2 Å². The van der Waals surface area contributed by atoms with E-state index >= 15 is 0 Å². The highest BCUT2D eigenvalue weighted by molar-refractivity contribution is 5.86. The number of hydrogen-bond donors (Lipinski definition) is 2. The summed E-state index contributed by atoms with van der Waals surface area (Å²) in [6.07, 6.45) is 2.06. The number of nitrogens with one attached hydrogen (secondary N) is 1. The van der Waals surface area contributed by atoms with E-state index in [2.05, 4.69) is 41.1 Å². The first-order chi connectivity index (χ1) is 11.1. The lowest BCUT2D eigenvalue weighted by molar-refractivity contribution is -0.230. The number of para-hydroxylation sites is 1. The van der Waals surface area contributed by atoms with Crippen LogP contribution in [0.1, 0.15) is 37.1 Å². The molecule has 0 radical (unpaired) electrons. The van der Waals surface area contributed by atoms with E-state index < -0.39 is 5.79 Å². The van der Waals surface area contributed by atoms with Gasteiger partial charge in [0.05, 0.1) is 6.61 Å². The maximum atomic E-state index is 11.5. The summed E-state index contributed by atoms with van der Waals surface area (Å²) < 4.78 is 6.15. The Morgan fingerprint density at radius 1 is 1.26 bits per heavy atom. The van der Waals surface area contributed by atoms with Crippen molar-refractivity contribution < 1.29 is 9.84 Å². The van der Waals surface area contributed by atoms with Gasteiger partial charge in [-0.25, -0.2) is 0 Å². The molecule has 4 heterocycles. The quantitative estimate of drug-likeness (QED) is 0.786. The van der Waals surface area contributed by atoms with E-state index in [0.29, 0.717) is 12.6 Å². The molecule has 3 fully saturated rings. The van der Waals surface area contributed by atoms with Gasteiger partial charge in [-0.15, -0.1) is 0 Å². The van der Waals surface area contributed by atoms with Crippen LogP contribution >= 0.6 is 0 Å². The van der Waals surface area contributed by atoms with Gasteiger partial charge in [0, 0.05) is 39.9 Å². The number of nitrogens with zero attached hydrogens (tertiary/aromatic N) is 1. The second-order valence-corrected chi connectivity index (χ2v) is 8.13. The van der Waals surface area contributed by atoms with Crippen molar-refractivity contribution in [1.82, 2.24) is 9.88 Å². The molecule has 6 unspecified atom stereocenters. The van der Waals surface area contributed by atoms with Crippen molar-refractivity contribution in [3.63, 3.8) is 0 Å². The predicted octanol–water partition coefficient (Wildman–Crippen LogP) is 2.54. The van der Waals surface area contributed by atoms with Crippen LogP contribution in [0.15, 0.2) is 24.3 Å². The molecule has 4 nitrogen and oxygen atoms in total. The fraction of sp³-hybridized carbons (Fsp3) is 0.579. The summed E-state index contributed by atoms with van der Waals surface area (Å²) in [5.41, 5.74) is 3.87. The van der Waals surface area contributed by atoms with Crippen LogP contribution in [0.3, 0.4) is 0 Å². The van der Waals surface area contributed by atoms with Crippen LogP contribution in [0.25, 0.3) is 10.9 Å². The molecule has 6 bridgehead atoms. The van der Waals surface area contributed by atoms with Gasteiger partial charge in [0.2, 0.25) is 0 Å². The molecule has 3 saturated heterocycles. The number of aromatic nitrogens is 1. The molecule has 6 rings (SSSR count). The Hall–Kier alpha value is -1.36. The molecule has 1 aromatic carbocycles. The van der Waals surface area contributed by atoms with E-state index in [9.17, 15) is 5.11 Å². The fourth-order valence-corrected chi connectivity index (χ4v) is 6.20. The average molecular weight is 310 g/mol. The Labute approximate surface area is 135 Å². The van der Waals surface area contributed by atoms with E-state index in [1.807, 2.05) is 0 Å². The van der Waals surface area contributed by atoms with E-state index in [4.69, 9.17) is 4.74 Å². The smallest absolute Gasteiger partial charge is 0.174 e. The molecule has 4 heteroatoms. The van der Waals surface area contributed by atoms with Gasteiger partial charge in [0.1, 0.15) is 0 Å². The van der Waals surface area contributed by atoms with Crippen molar-refractivity contribution in [1.29, 1.82) is 0 Å². The third-order valence-electron chi connectivity index (χ3n) is 7.22. The number of aliphatic hydroxyl groups is 1. The minimum Gasteiger partial charge on any atom is -0.365 e. The molecule has 0 amide bonds. The van der Waals surface area contributed by atoms with Crippen molar-refractivity contribution in [3.8, 4) is 0 Å². The van der Waals surface area contributed by atoms with Gasteiger partial charge in [-0.1, -0.05) is 25.1 Å². The summed E-state index contributed by atoms with van der Waals surface area (Å²) in [4.78, 5) is 6.31. The van der Waals surface area contributed by atoms with Gasteiger partial charge in [-0.2, -0.15) is 0 Å². The topological polar surface area (TPSA) is 48.5 Å². The normalized spacial score (nSPS) is 46.9. The molecule has 0 saturated carbocycles. The minimum absolute atomic E-state index is 0.112. The average Bonchev–Trinajstić information content (AvgIpc) is 3.14. The Bertz CT molecular complexity index is 830. The molecule has 1 aromatic heterocycles. The zero-order valence-electron chi connectivity index (χ0n) is 13.4. The lowest BCUT2D eigenvalue weighted by atomic mass is 9.70. The predicted molar refractivity (Wildman–Crippen MR) is 87.1 cm³/mol. The number of benzene rings is 1. The SMILES string of the molecule is CC12COC3(O)C4CCN(CCC13)C4c1c2[nH]c2ccccc12. The number of H-pyrrole nitrogens is 1. The second kappa shape index (κ2) is 3.82. The number of hydrogen-bond acceptors (Lipinski definition) is 3. The van der Waals surface area contributed by atoms with Crippen molar-refractivity contribution in [2.24, 2.45) is 11.8 Å². The Balaban J connectivity index is 1.76. The van der Waals surface area contributed by atoms with Crippen molar-refractivity contribution >= 4 is 10.9 Å². The first-order valence-electron chi connectivity index (χ1n) is 8.84. The van der Waals surface area contributed by atoms with Crippen LogP contribution in [0.5, 0.6) is 0 Å². The summed E-state index contributed by atoms with van der Waals surface area (Å²) in [6.45, 7) is 5.06. The molecule has 1 aliphatic carbocycles. The van der Waals surface area contributed by atoms with Crippen LogP contribution in [0.2, 0.25) is 0 Å². The van der Waals surface area contributed by atoms with Crippen LogP contribution < -0.4 is 0 Å². The molecular weight excluding hydrogens is 288 g/mol. The van der Waals surface area contributed by atoms with Crippen LogP contribution in [0, 0.1) is 11.8 Å². The van der Waals surface area contributed by atoms with Gasteiger partial charge in [-0.05, 0) is 37.6 Å². The Morgan fingerprint density at radius 3 is 3.00 bits per heavy atom. The first-order valence-corrected chi connectivity index (χ1v) is 8.84. The molecule has 6 atom stereocenters. The first kappa shape index (κ1) is 13.0. The fourth-order valence-electron chi connectivity index (χ4n) is 6.20. The molecule has 120 valence electrons. The molecule has 2 N–H and O–H groups in total. The van der Waals surface area contributed by atoms with Gasteiger partial charge in [0.25, 0.3) is 0 Å². The lowest BCUT2D eigenvalue weighted by Crippen LogP contribution is -2.46. The largest absolute Gasteiger partial charge is 0.365 e. The van der Waals surface area contributed by atoms with E-state index in [1.54, 1.807) is 0 Å². The monoisotopic (exact) mass is 310 g/mol. The number of aromatic amines is 1. The van der Waals surface area contributed by atoms with Crippen molar-refractivity contribution in [3.05, 3.63) is 35.5 Å². The molecule has 4 aliphatic rings. The van der Waals surface area contributed by atoms with E-state index in [-0.39, 0.29) is 17.3 Å². The van der Waals surface area contributed by atoms with Crippen molar-refractivity contribution in [2.45, 2.75) is 37.0 Å². The third kappa shape index (κ3) is 1.29. The Morgan fingerprint density at radius 2 is 2.09 bits per heavy atom. The maximum absolute atomic E-state index is 11.5. The highest BCUT2D eigenvalue weighted by atomic mass is 16.6. The molecule has 2 aromatic rings. The molecular formula is C19H22N2O2. The van der Waals surface area contributed by atoms with E-state index in [1.165, 1.54) is 22.2 Å². The third-order valence-corrected chi connectivity index (χ3v) is 7.22. The standard InChI is InChI=1S/C19H22N2O2/c1-18-10-23-19(22)12-6-8-21(9-7-14(18)19)16(12)15-11-4-2-3-5-13(11)20-17(15)18/h2-5,12,14,16,20,22H,6-10H2,1H3. The van der Waals surface area contributed by atoms with Gasteiger partial charge in [0.15, 0.2) is 5.79 Å². The Kier molecular flexibility index (Phi) is 2.16. The van der Waals surface area contributed by atoms with Gasteiger partial charge < -0.3 is 14.8 Å². The number of rotatable bonds is 0. The summed E-state index contributed by atoms with van der Waals surface area (Å²) >= 11 is 0. The number of ether oxygens (including phenoxy) is 1. The van der Waals surface area contributed by atoms with Crippen LogP contribution in [-0.4, -0.2) is 40.5 Å². The molecule has 23 heavy (non-hydrogen) atoms. The highest BCUT2D eigenvalue weighted by Crippen LogP contribution is 2.63. The van der Waals surface area contributed by atoms with E-state index in [0.717, 1.165) is 25.9 Å². The van der Waals surface area contributed by atoms with Crippen molar-refractivity contribution in [2.75, 3.05) is 19.7 Å². The molecule has 3 aliphatic heterocycles. The summed E-state index contributed by atoms with van der Waals surface area (Å²) in [6, 6.07) is 8.94. The zero-order valence-corrected chi connectivity index (χ0v) is 13.4. The summed E-state index contributed by atoms with van der Waals surface area (Å²) in [7, 11) is 0. The highest BCUT2D eigenvalue weighted by Gasteiger charge is 2.67. The summed E-state index contributed by atoms with van der Waals surface area (Å²) in [5.74, 6) is -0.578. The zero-order chi connectivity index (χ0) is 15.4. The summed E-state index contributed by atoms with van der Waals surface area (Å²) in [5, 5.41) is 12.9. The maximum Gasteiger partial charge on any atom is 0.174 e. The second-order valence-electron chi connectivity index (χ2n) is 8.13. The number of fused-ring (bicyclic) bond motifs is 4. The van der Waals surface area contributed by atoms with Crippen LogP contribution in [0.4, 0.5) is 0 Å². The van der Waals surface area contributed by atoms with Gasteiger partial charge >= 0.3 is 0 Å². The molecule has 0 spiro atoms. The van der Waals surface area contributed by atoms with Gasteiger partial charge in [-0.3, -0.25) is 4.90 Å².